The molecular weight excluding hydrogens is 363 g/mol. The van der Waals surface area contributed by atoms with Crippen molar-refractivity contribution >= 4 is 11.8 Å². The Morgan fingerprint density at radius 1 is 1.37 bits per heavy atom. The molecular formula is C18H24F3N3O3. The number of halogens is 3. The second-order valence-electron chi connectivity index (χ2n) is 6.52. The van der Waals surface area contributed by atoms with Crippen LogP contribution < -0.4 is 10.1 Å². The van der Waals surface area contributed by atoms with E-state index in [1.54, 1.807) is 4.90 Å². The van der Waals surface area contributed by atoms with Gasteiger partial charge in [0.1, 0.15) is 0 Å². The van der Waals surface area contributed by atoms with E-state index in [-0.39, 0.29) is 29.2 Å². The molecule has 0 aromatic carbocycles. The fraction of sp³-hybridized carbons (Fsp3) is 0.611. The number of alkyl halides is 3. The second kappa shape index (κ2) is 9.57. The number of rotatable bonds is 7. The summed E-state index contributed by atoms with van der Waals surface area (Å²) in [5.74, 6) is -0.788. The van der Waals surface area contributed by atoms with Crippen LogP contribution in [-0.2, 0) is 4.79 Å². The Morgan fingerprint density at radius 3 is 2.78 bits per heavy atom. The minimum atomic E-state index is -4.45. The topological polar surface area (TPSA) is 71.5 Å². The van der Waals surface area contributed by atoms with E-state index in [1.165, 1.54) is 18.3 Å². The minimum Gasteiger partial charge on any atom is -0.468 e. The van der Waals surface area contributed by atoms with E-state index >= 15 is 0 Å². The number of hydrogen-bond acceptors (Lipinski definition) is 4. The summed E-state index contributed by atoms with van der Waals surface area (Å²) in [4.78, 5) is 30.1. The highest BCUT2D eigenvalue weighted by atomic mass is 19.4. The molecule has 1 aliphatic heterocycles. The summed E-state index contributed by atoms with van der Waals surface area (Å²) in [5, 5.41) is 2.89. The average Bonchev–Trinajstić information content (AvgIpc) is 2.66. The average molecular weight is 387 g/mol. The Hall–Kier alpha value is -2.32. The van der Waals surface area contributed by atoms with E-state index in [0.717, 1.165) is 25.7 Å². The molecule has 0 bridgehead atoms. The summed E-state index contributed by atoms with van der Waals surface area (Å²) in [7, 11) is 0. The molecule has 2 heterocycles. The van der Waals surface area contributed by atoms with Crippen LogP contribution >= 0.6 is 0 Å². The van der Waals surface area contributed by atoms with Crippen LogP contribution in [0.1, 0.15) is 43.0 Å². The Balaban J connectivity index is 1.91. The molecule has 1 fully saturated rings. The first-order valence-corrected chi connectivity index (χ1v) is 9.02. The SMILES string of the molecule is CCCCNC(=O)[C@H]1CCCN(C(=O)c2ccc(OCC(F)(F)F)nc2)C1. The minimum absolute atomic E-state index is 0.0463. The molecule has 0 spiro atoms. The van der Waals surface area contributed by atoms with Gasteiger partial charge in [-0.3, -0.25) is 9.59 Å². The van der Waals surface area contributed by atoms with Gasteiger partial charge in [0.25, 0.3) is 5.91 Å². The normalized spacial score (nSPS) is 17.5. The number of amides is 2. The summed E-state index contributed by atoms with van der Waals surface area (Å²) in [6.45, 7) is 2.09. The molecule has 1 atom stereocenters. The zero-order valence-electron chi connectivity index (χ0n) is 15.2. The van der Waals surface area contributed by atoms with Crippen molar-refractivity contribution in [1.82, 2.24) is 15.2 Å². The van der Waals surface area contributed by atoms with E-state index in [0.29, 0.717) is 19.6 Å². The van der Waals surface area contributed by atoms with Gasteiger partial charge in [-0.1, -0.05) is 13.3 Å². The maximum absolute atomic E-state index is 12.6. The summed E-state index contributed by atoms with van der Waals surface area (Å²) in [5.41, 5.74) is 0.251. The first kappa shape index (κ1) is 21.0. The first-order valence-electron chi connectivity index (χ1n) is 9.02. The number of hydrogen-bond donors (Lipinski definition) is 1. The number of unbranched alkanes of at least 4 members (excludes halogenated alkanes) is 1. The highest BCUT2D eigenvalue weighted by molar-refractivity contribution is 5.94. The quantitative estimate of drug-likeness (QED) is 0.731. The number of aromatic nitrogens is 1. The predicted molar refractivity (Wildman–Crippen MR) is 92.3 cm³/mol. The fourth-order valence-electron chi connectivity index (χ4n) is 2.84. The standard InChI is InChI=1S/C18H24F3N3O3/c1-2-3-8-22-16(25)14-5-4-9-24(11-14)17(26)13-6-7-15(23-10-13)27-12-18(19,20)21/h6-7,10,14H,2-5,8-9,11-12H2,1H3,(H,22,25)/t14-/m0/s1. The van der Waals surface area contributed by atoms with Crippen molar-refractivity contribution in [2.75, 3.05) is 26.2 Å². The van der Waals surface area contributed by atoms with Crippen molar-refractivity contribution < 1.29 is 27.5 Å². The van der Waals surface area contributed by atoms with Gasteiger partial charge >= 0.3 is 6.18 Å². The van der Waals surface area contributed by atoms with Crippen molar-refractivity contribution in [2.45, 2.75) is 38.8 Å². The monoisotopic (exact) mass is 387 g/mol. The summed E-state index contributed by atoms with van der Waals surface area (Å²) < 4.78 is 41.0. The molecule has 0 radical (unpaired) electrons. The van der Waals surface area contributed by atoms with Crippen LogP contribution in [0, 0.1) is 5.92 Å². The number of likely N-dealkylation sites (tertiary alicyclic amines) is 1. The van der Waals surface area contributed by atoms with Crippen LogP contribution in [0.3, 0.4) is 0 Å². The van der Waals surface area contributed by atoms with Gasteiger partial charge in [0.05, 0.1) is 11.5 Å². The van der Waals surface area contributed by atoms with Crippen molar-refractivity contribution in [1.29, 1.82) is 0 Å². The predicted octanol–water partition coefficient (Wildman–Crippen LogP) is 2.79. The number of piperidine rings is 1. The third-order valence-corrected chi connectivity index (χ3v) is 4.28. The highest BCUT2D eigenvalue weighted by Gasteiger charge is 2.30. The number of nitrogens with one attached hydrogen (secondary N) is 1. The number of carbonyl (C=O) groups excluding carboxylic acids is 2. The Morgan fingerprint density at radius 2 is 2.15 bits per heavy atom. The lowest BCUT2D eigenvalue weighted by Crippen LogP contribution is -2.45. The molecule has 9 heteroatoms. The van der Waals surface area contributed by atoms with Gasteiger partial charge in [0.2, 0.25) is 11.8 Å². The van der Waals surface area contributed by atoms with Gasteiger partial charge in [-0.2, -0.15) is 13.2 Å². The van der Waals surface area contributed by atoms with Crippen molar-refractivity contribution in [3.05, 3.63) is 23.9 Å². The first-order chi connectivity index (χ1) is 12.8. The molecule has 1 aromatic heterocycles. The Kier molecular flexibility index (Phi) is 7.44. The molecule has 2 rings (SSSR count). The van der Waals surface area contributed by atoms with Gasteiger partial charge < -0.3 is 15.0 Å². The van der Waals surface area contributed by atoms with E-state index in [1.807, 2.05) is 6.92 Å². The summed E-state index contributed by atoms with van der Waals surface area (Å²) in [6, 6.07) is 2.61. The van der Waals surface area contributed by atoms with Crippen LogP contribution in [-0.4, -0.2) is 54.1 Å². The number of nitrogens with zero attached hydrogens (tertiary/aromatic N) is 2. The molecule has 6 nitrogen and oxygen atoms in total. The highest BCUT2D eigenvalue weighted by Crippen LogP contribution is 2.20. The summed E-state index contributed by atoms with van der Waals surface area (Å²) >= 11 is 0. The van der Waals surface area contributed by atoms with Crippen LogP contribution in [0.25, 0.3) is 0 Å². The van der Waals surface area contributed by atoms with Crippen LogP contribution in [0.2, 0.25) is 0 Å². The molecule has 0 aliphatic carbocycles. The largest absolute Gasteiger partial charge is 0.468 e. The molecule has 27 heavy (non-hydrogen) atoms. The zero-order valence-corrected chi connectivity index (χ0v) is 15.2. The lowest BCUT2D eigenvalue weighted by molar-refractivity contribution is -0.154. The maximum atomic E-state index is 12.6. The van der Waals surface area contributed by atoms with E-state index in [4.69, 9.17) is 0 Å². The molecule has 1 saturated heterocycles. The van der Waals surface area contributed by atoms with Crippen LogP contribution in [0.5, 0.6) is 5.88 Å². The lowest BCUT2D eigenvalue weighted by Gasteiger charge is -2.32. The van der Waals surface area contributed by atoms with Crippen LogP contribution in [0.4, 0.5) is 13.2 Å². The Bertz CT molecular complexity index is 635. The Labute approximate surface area is 156 Å². The molecule has 1 N–H and O–H groups in total. The van der Waals surface area contributed by atoms with Gasteiger partial charge in [0.15, 0.2) is 6.61 Å². The number of ether oxygens (including phenoxy) is 1. The zero-order chi connectivity index (χ0) is 19.9. The molecule has 1 aliphatic rings. The van der Waals surface area contributed by atoms with Crippen molar-refractivity contribution in [2.24, 2.45) is 5.92 Å². The summed E-state index contributed by atoms with van der Waals surface area (Å²) in [6.07, 6.45) is 0.0957. The number of pyridine rings is 1. The van der Waals surface area contributed by atoms with Gasteiger partial charge in [-0.05, 0) is 25.3 Å². The van der Waals surface area contributed by atoms with Crippen LogP contribution in [0.15, 0.2) is 18.3 Å². The van der Waals surface area contributed by atoms with Gasteiger partial charge in [0, 0.05) is 31.9 Å². The molecule has 2 amide bonds. The van der Waals surface area contributed by atoms with Crippen molar-refractivity contribution in [3.63, 3.8) is 0 Å². The number of carbonyl (C=O) groups is 2. The third-order valence-electron chi connectivity index (χ3n) is 4.28. The molecule has 1 aromatic rings. The van der Waals surface area contributed by atoms with E-state index < -0.39 is 12.8 Å². The fourth-order valence-corrected chi connectivity index (χ4v) is 2.84. The molecule has 150 valence electrons. The molecule has 0 saturated carbocycles. The van der Waals surface area contributed by atoms with Gasteiger partial charge in [-0.15, -0.1) is 0 Å². The van der Waals surface area contributed by atoms with Gasteiger partial charge in [-0.25, -0.2) is 4.98 Å². The maximum Gasteiger partial charge on any atom is 0.422 e. The second-order valence-corrected chi connectivity index (χ2v) is 6.52. The van der Waals surface area contributed by atoms with E-state index in [9.17, 15) is 22.8 Å². The third kappa shape index (κ3) is 6.73. The smallest absolute Gasteiger partial charge is 0.422 e. The van der Waals surface area contributed by atoms with Crippen molar-refractivity contribution in [3.8, 4) is 5.88 Å². The molecule has 0 unspecified atom stereocenters. The lowest BCUT2D eigenvalue weighted by atomic mass is 9.96. The van der Waals surface area contributed by atoms with E-state index in [2.05, 4.69) is 15.0 Å².